The first-order valence-corrected chi connectivity index (χ1v) is 6.13. The molecule has 3 rings (SSSR count). The van der Waals surface area contributed by atoms with Crippen LogP contribution < -0.4 is 4.74 Å². The average molecular weight is 271 g/mol. The lowest BCUT2D eigenvalue weighted by Crippen LogP contribution is -2.01. The highest BCUT2D eigenvalue weighted by atomic mass is 19.3. The molecule has 20 heavy (non-hydrogen) atoms. The van der Waals surface area contributed by atoms with Gasteiger partial charge in [-0.25, -0.2) is 4.98 Å². The van der Waals surface area contributed by atoms with Gasteiger partial charge in [0.15, 0.2) is 0 Å². The summed E-state index contributed by atoms with van der Waals surface area (Å²) in [6.45, 7) is -2.81. The van der Waals surface area contributed by atoms with E-state index in [1.807, 2.05) is 36.4 Å². The van der Waals surface area contributed by atoms with Crippen LogP contribution in [0.1, 0.15) is 0 Å². The molecule has 2 nitrogen and oxygen atoms in total. The van der Waals surface area contributed by atoms with E-state index in [2.05, 4.69) is 9.72 Å². The summed E-state index contributed by atoms with van der Waals surface area (Å²) in [6.07, 6.45) is 0. The number of alkyl halides is 2. The number of para-hydroxylation sites is 1. The van der Waals surface area contributed by atoms with E-state index < -0.39 is 6.61 Å². The number of nitrogens with zero attached hydrogens (tertiary/aromatic N) is 1. The minimum atomic E-state index is -2.81. The number of halogens is 2. The lowest BCUT2D eigenvalue weighted by atomic mass is 10.1. The number of fused-ring (bicyclic) bond motifs is 1. The molecule has 2 aromatic carbocycles. The molecule has 4 heteroatoms. The molecule has 1 aromatic heterocycles. The van der Waals surface area contributed by atoms with Crippen molar-refractivity contribution in [3.05, 3.63) is 60.7 Å². The van der Waals surface area contributed by atoms with Crippen molar-refractivity contribution < 1.29 is 13.5 Å². The molecule has 0 aliphatic heterocycles. The molecule has 0 amide bonds. The van der Waals surface area contributed by atoms with E-state index in [1.165, 1.54) is 12.1 Å². The zero-order valence-corrected chi connectivity index (χ0v) is 10.5. The van der Waals surface area contributed by atoms with E-state index in [-0.39, 0.29) is 5.75 Å². The zero-order valence-electron chi connectivity index (χ0n) is 10.5. The Morgan fingerprint density at radius 2 is 1.60 bits per heavy atom. The van der Waals surface area contributed by atoms with Crippen molar-refractivity contribution in [1.82, 2.24) is 4.98 Å². The summed E-state index contributed by atoms with van der Waals surface area (Å²) < 4.78 is 28.5. The van der Waals surface area contributed by atoms with Crippen LogP contribution in [0.3, 0.4) is 0 Å². The molecule has 1 heterocycles. The lowest BCUT2D eigenvalue weighted by molar-refractivity contribution is -0.0498. The number of rotatable bonds is 3. The van der Waals surface area contributed by atoms with Gasteiger partial charge in [-0.2, -0.15) is 8.78 Å². The van der Waals surface area contributed by atoms with Crippen molar-refractivity contribution in [2.24, 2.45) is 0 Å². The van der Waals surface area contributed by atoms with E-state index in [0.29, 0.717) is 0 Å². The first-order valence-electron chi connectivity index (χ1n) is 6.13. The first-order chi connectivity index (χ1) is 9.72. The Bertz CT molecular complexity index is 726. The maximum atomic E-state index is 12.1. The van der Waals surface area contributed by atoms with E-state index in [4.69, 9.17) is 0 Å². The van der Waals surface area contributed by atoms with Gasteiger partial charge >= 0.3 is 6.61 Å². The second-order valence-electron chi connectivity index (χ2n) is 4.29. The molecule has 0 fully saturated rings. The van der Waals surface area contributed by atoms with Gasteiger partial charge in [-0.05, 0) is 36.4 Å². The fourth-order valence-corrected chi connectivity index (χ4v) is 2.03. The molecule has 0 aliphatic rings. The summed E-state index contributed by atoms with van der Waals surface area (Å²) in [5.41, 5.74) is 2.56. The van der Waals surface area contributed by atoms with Crippen LogP contribution in [-0.4, -0.2) is 11.6 Å². The third-order valence-corrected chi connectivity index (χ3v) is 2.97. The van der Waals surface area contributed by atoms with Crippen LogP contribution in [0.15, 0.2) is 60.7 Å². The number of aromatic nitrogens is 1. The Kier molecular flexibility index (Phi) is 3.29. The third-order valence-electron chi connectivity index (χ3n) is 2.97. The summed E-state index contributed by atoms with van der Waals surface area (Å²) in [7, 11) is 0. The van der Waals surface area contributed by atoms with Crippen LogP contribution in [0, 0.1) is 0 Å². The molecule has 0 aliphatic carbocycles. The number of benzene rings is 2. The molecule has 0 saturated carbocycles. The summed E-state index contributed by atoms with van der Waals surface area (Å²) in [5.74, 6) is 0.143. The standard InChI is InChI=1S/C16H11F2NO/c17-16(18)20-13-8-5-12(6-9-13)15-10-7-11-3-1-2-4-14(11)19-15/h1-10,16H. The molecule has 3 aromatic rings. The normalized spacial score (nSPS) is 10.9. The van der Waals surface area contributed by atoms with Gasteiger partial charge in [-0.15, -0.1) is 0 Å². The van der Waals surface area contributed by atoms with Crippen LogP contribution in [-0.2, 0) is 0 Å². The predicted octanol–water partition coefficient (Wildman–Crippen LogP) is 4.50. The van der Waals surface area contributed by atoms with Gasteiger partial charge in [-0.1, -0.05) is 24.3 Å². The van der Waals surface area contributed by atoms with Crippen LogP contribution in [0.5, 0.6) is 5.75 Å². The fourth-order valence-electron chi connectivity index (χ4n) is 2.03. The highest BCUT2D eigenvalue weighted by Crippen LogP contribution is 2.23. The second kappa shape index (κ2) is 5.25. The predicted molar refractivity (Wildman–Crippen MR) is 73.8 cm³/mol. The smallest absolute Gasteiger partial charge is 0.387 e. The van der Waals surface area contributed by atoms with Crippen molar-refractivity contribution in [3.63, 3.8) is 0 Å². The molecule has 0 saturated heterocycles. The Morgan fingerprint density at radius 3 is 2.35 bits per heavy atom. The monoisotopic (exact) mass is 271 g/mol. The third kappa shape index (κ3) is 2.59. The maximum Gasteiger partial charge on any atom is 0.387 e. The maximum absolute atomic E-state index is 12.1. The summed E-state index contributed by atoms with van der Waals surface area (Å²) in [6, 6.07) is 18.2. The highest BCUT2D eigenvalue weighted by molar-refractivity contribution is 5.81. The Labute approximate surface area is 114 Å². The van der Waals surface area contributed by atoms with Crippen molar-refractivity contribution in [2.45, 2.75) is 6.61 Å². The minimum absolute atomic E-state index is 0.143. The number of pyridine rings is 1. The van der Waals surface area contributed by atoms with Crippen LogP contribution in [0.25, 0.3) is 22.2 Å². The molecule has 0 radical (unpaired) electrons. The number of ether oxygens (including phenoxy) is 1. The Morgan fingerprint density at radius 1 is 0.850 bits per heavy atom. The van der Waals surface area contributed by atoms with E-state index in [1.54, 1.807) is 12.1 Å². The van der Waals surface area contributed by atoms with Crippen molar-refractivity contribution >= 4 is 10.9 Å². The van der Waals surface area contributed by atoms with Crippen LogP contribution >= 0.6 is 0 Å². The van der Waals surface area contributed by atoms with Gasteiger partial charge in [-0.3, -0.25) is 0 Å². The van der Waals surface area contributed by atoms with Gasteiger partial charge in [0, 0.05) is 10.9 Å². The van der Waals surface area contributed by atoms with Crippen LogP contribution in [0.4, 0.5) is 8.78 Å². The van der Waals surface area contributed by atoms with Gasteiger partial charge in [0.1, 0.15) is 5.75 Å². The van der Waals surface area contributed by atoms with Gasteiger partial charge in [0.25, 0.3) is 0 Å². The van der Waals surface area contributed by atoms with Gasteiger partial charge < -0.3 is 4.74 Å². The highest BCUT2D eigenvalue weighted by Gasteiger charge is 2.05. The molecule has 0 atom stereocenters. The van der Waals surface area contributed by atoms with E-state index in [9.17, 15) is 8.78 Å². The topological polar surface area (TPSA) is 22.1 Å². The summed E-state index contributed by atoms with van der Waals surface area (Å²) >= 11 is 0. The molecule has 0 bridgehead atoms. The quantitative estimate of drug-likeness (QED) is 0.699. The lowest BCUT2D eigenvalue weighted by Gasteiger charge is -2.06. The molecule has 0 N–H and O–H groups in total. The molecular formula is C16H11F2NO. The number of hydrogen-bond acceptors (Lipinski definition) is 2. The Balaban J connectivity index is 1.94. The Hall–Kier alpha value is -2.49. The largest absolute Gasteiger partial charge is 0.435 e. The average Bonchev–Trinajstić information content (AvgIpc) is 2.47. The van der Waals surface area contributed by atoms with E-state index >= 15 is 0 Å². The summed E-state index contributed by atoms with van der Waals surface area (Å²) in [4.78, 5) is 4.55. The summed E-state index contributed by atoms with van der Waals surface area (Å²) in [5, 5.41) is 1.06. The minimum Gasteiger partial charge on any atom is -0.435 e. The SMILES string of the molecule is FC(F)Oc1ccc(-c2ccc3ccccc3n2)cc1. The number of hydrogen-bond donors (Lipinski definition) is 0. The van der Waals surface area contributed by atoms with E-state index in [0.717, 1.165) is 22.2 Å². The van der Waals surface area contributed by atoms with Crippen LogP contribution in [0.2, 0.25) is 0 Å². The molecular weight excluding hydrogens is 260 g/mol. The molecule has 100 valence electrons. The zero-order chi connectivity index (χ0) is 13.9. The van der Waals surface area contributed by atoms with Gasteiger partial charge in [0.2, 0.25) is 0 Å². The first kappa shape index (κ1) is 12.5. The molecule has 0 spiro atoms. The van der Waals surface area contributed by atoms with Crippen molar-refractivity contribution in [3.8, 4) is 17.0 Å². The van der Waals surface area contributed by atoms with Crippen molar-refractivity contribution in [1.29, 1.82) is 0 Å². The van der Waals surface area contributed by atoms with Crippen molar-refractivity contribution in [2.75, 3.05) is 0 Å². The van der Waals surface area contributed by atoms with Gasteiger partial charge in [0.05, 0.1) is 11.2 Å². The fraction of sp³-hybridized carbons (Fsp3) is 0.0625. The molecule has 0 unspecified atom stereocenters. The second-order valence-corrected chi connectivity index (χ2v) is 4.29.